The second kappa shape index (κ2) is 11.0. The molecule has 1 aromatic heterocycles. The summed E-state index contributed by atoms with van der Waals surface area (Å²) in [6.07, 6.45) is 1.75. The summed E-state index contributed by atoms with van der Waals surface area (Å²) in [5.74, 6) is 1.86. The lowest BCUT2D eigenvalue weighted by Gasteiger charge is -2.33. The molecule has 0 bridgehead atoms. The maximum absolute atomic E-state index is 9.49. The summed E-state index contributed by atoms with van der Waals surface area (Å²) in [7, 11) is 0. The molecular formula is C43H30N4O. The van der Waals surface area contributed by atoms with Gasteiger partial charge in [-0.3, -0.25) is 9.98 Å². The van der Waals surface area contributed by atoms with Gasteiger partial charge in [0.15, 0.2) is 11.5 Å². The van der Waals surface area contributed by atoms with Crippen molar-refractivity contribution in [1.29, 1.82) is 5.41 Å². The fourth-order valence-electron chi connectivity index (χ4n) is 7.02. The fourth-order valence-corrected chi connectivity index (χ4v) is 7.02. The molecule has 0 saturated carbocycles. The molecule has 0 aliphatic carbocycles. The smallest absolute Gasteiger partial charge is 0.152 e. The summed E-state index contributed by atoms with van der Waals surface area (Å²) in [4.78, 5) is 2.24. The van der Waals surface area contributed by atoms with E-state index < -0.39 is 0 Å². The third kappa shape index (κ3) is 4.37. The number of rotatable bonds is 4. The number of nitrogens with one attached hydrogen (secondary N) is 1. The van der Waals surface area contributed by atoms with Crippen LogP contribution >= 0.6 is 0 Å². The van der Waals surface area contributed by atoms with Crippen molar-refractivity contribution < 1.29 is 4.74 Å². The minimum atomic E-state index is 0.289. The monoisotopic (exact) mass is 618 g/mol. The molecule has 7 aromatic carbocycles. The number of allylic oxidation sites excluding steroid dienone is 1. The SMILES string of the molecule is N=C(/C=C(\N)c1ccccc1)n1c2ccc3ccccc3c2c2cccc(-c3ccc4c(c3)Oc3ccccc3N4c3ccccc3)c21. The Kier molecular flexibility index (Phi) is 6.37. The zero-order chi connectivity index (χ0) is 32.2. The van der Waals surface area contributed by atoms with Gasteiger partial charge in [0, 0.05) is 33.8 Å². The molecule has 0 atom stereocenters. The van der Waals surface area contributed by atoms with Gasteiger partial charge in [0.25, 0.3) is 0 Å². The van der Waals surface area contributed by atoms with E-state index in [0.29, 0.717) is 5.70 Å². The van der Waals surface area contributed by atoms with E-state index in [2.05, 4.69) is 108 Å². The normalized spacial score (nSPS) is 12.6. The van der Waals surface area contributed by atoms with Crippen LogP contribution in [0.2, 0.25) is 0 Å². The lowest BCUT2D eigenvalue weighted by molar-refractivity contribution is 0.477. The summed E-state index contributed by atoms with van der Waals surface area (Å²) in [6, 6.07) is 53.8. The van der Waals surface area contributed by atoms with Gasteiger partial charge < -0.3 is 15.4 Å². The van der Waals surface area contributed by atoms with Crippen molar-refractivity contribution in [2.75, 3.05) is 4.90 Å². The van der Waals surface area contributed by atoms with Gasteiger partial charge in [-0.2, -0.15) is 0 Å². The summed E-state index contributed by atoms with van der Waals surface area (Å²) < 4.78 is 8.62. The Balaban J connectivity index is 1.28. The van der Waals surface area contributed by atoms with E-state index >= 15 is 0 Å². The number of hydrogen-bond donors (Lipinski definition) is 2. The van der Waals surface area contributed by atoms with Crippen LogP contribution in [0, 0.1) is 5.41 Å². The van der Waals surface area contributed by atoms with Crippen LogP contribution in [-0.4, -0.2) is 10.4 Å². The van der Waals surface area contributed by atoms with Gasteiger partial charge >= 0.3 is 0 Å². The molecule has 3 N–H and O–H groups in total. The van der Waals surface area contributed by atoms with Gasteiger partial charge in [-0.25, -0.2) is 0 Å². The molecule has 0 fully saturated rings. The number of anilines is 3. The Labute approximate surface area is 277 Å². The van der Waals surface area contributed by atoms with Crippen molar-refractivity contribution in [2.45, 2.75) is 0 Å². The highest BCUT2D eigenvalue weighted by atomic mass is 16.5. The van der Waals surface area contributed by atoms with Gasteiger partial charge in [0.05, 0.1) is 22.4 Å². The van der Waals surface area contributed by atoms with E-state index in [-0.39, 0.29) is 5.84 Å². The topological polar surface area (TPSA) is 67.3 Å². The molecular weight excluding hydrogens is 589 g/mol. The van der Waals surface area contributed by atoms with Crippen LogP contribution in [0.1, 0.15) is 5.56 Å². The van der Waals surface area contributed by atoms with Crippen molar-refractivity contribution in [3.8, 4) is 22.6 Å². The highest BCUT2D eigenvalue weighted by Crippen LogP contribution is 2.51. The largest absolute Gasteiger partial charge is 0.453 e. The number of nitrogens with two attached hydrogens (primary N) is 1. The Morgan fingerprint density at radius 2 is 1.33 bits per heavy atom. The second-order valence-electron chi connectivity index (χ2n) is 12.0. The zero-order valence-electron chi connectivity index (χ0n) is 26.0. The number of nitrogens with zero attached hydrogens (tertiary/aromatic N) is 2. The molecule has 0 unspecified atom stereocenters. The van der Waals surface area contributed by atoms with Crippen LogP contribution in [0.5, 0.6) is 11.5 Å². The molecule has 1 aliphatic heterocycles. The van der Waals surface area contributed by atoms with E-state index in [9.17, 15) is 5.41 Å². The van der Waals surface area contributed by atoms with Gasteiger partial charge in [-0.05, 0) is 64.4 Å². The lowest BCUT2D eigenvalue weighted by atomic mass is 9.99. The average Bonchev–Trinajstić information content (AvgIpc) is 3.49. The molecule has 1 aliphatic rings. The highest BCUT2D eigenvalue weighted by molar-refractivity contribution is 6.26. The molecule has 0 saturated heterocycles. The van der Waals surface area contributed by atoms with Crippen LogP contribution < -0.4 is 15.4 Å². The molecule has 0 spiro atoms. The molecule has 48 heavy (non-hydrogen) atoms. The number of benzene rings is 7. The maximum Gasteiger partial charge on any atom is 0.152 e. The zero-order valence-corrected chi connectivity index (χ0v) is 26.0. The van der Waals surface area contributed by atoms with E-state index in [4.69, 9.17) is 10.5 Å². The van der Waals surface area contributed by atoms with Crippen molar-refractivity contribution in [3.05, 3.63) is 169 Å². The summed E-state index contributed by atoms with van der Waals surface area (Å²) in [6.45, 7) is 0. The molecule has 2 heterocycles. The predicted molar refractivity (Wildman–Crippen MR) is 199 cm³/mol. The second-order valence-corrected chi connectivity index (χ2v) is 12.0. The first-order valence-corrected chi connectivity index (χ1v) is 16.0. The van der Waals surface area contributed by atoms with Crippen molar-refractivity contribution in [3.63, 3.8) is 0 Å². The Bertz CT molecular complexity index is 2570. The van der Waals surface area contributed by atoms with Gasteiger partial charge in [-0.15, -0.1) is 0 Å². The van der Waals surface area contributed by atoms with Crippen LogP contribution in [-0.2, 0) is 0 Å². The van der Waals surface area contributed by atoms with E-state index in [1.165, 1.54) is 0 Å². The van der Waals surface area contributed by atoms with E-state index in [1.54, 1.807) is 6.08 Å². The predicted octanol–water partition coefficient (Wildman–Crippen LogP) is 11.0. The third-order valence-corrected chi connectivity index (χ3v) is 9.17. The highest BCUT2D eigenvalue weighted by Gasteiger charge is 2.27. The fraction of sp³-hybridized carbons (Fsp3) is 0. The first-order valence-electron chi connectivity index (χ1n) is 16.0. The molecule has 9 rings (SSSR count). The minimum absolute atomic E-state index is 0.289. The van der Waals surface area contributed by atoms with Crippen LogP contribution in [0.4, 0.5) is 17.1 Å². The standard InChI is InChI=1S/C43H30N4O/c44-35(29-13-3-1-4-14-29)27-41(45)47-38-25-22-28-12-7-8-17-32(28)42(38)34-19-11-18-33(43(34)47)30-23-24-37-40(26-30)48-39-21-10-9-20-36(39)46(37)31-15-5-2-6-16-31/h1-27,45H,44H2/b35-27-,45-41?. The first-order chi connectivity index (χ1) is 23.7. The molecule has 0 radical (unpaired) electrons. The lowest BCUT2D eigenvalue weighted by Crippen LogP contribution is -2.15. The molecule has 0 amide bonds. The van der Waals surface area contributed by atoms with Crippen LogP contribution in [0.25, 0.3) is 49.4 Å². The Morgan fingerprint density at radius 1 is 0.625 bits per heavy atom. The van der Waals surface area contributed by atoms with E-state index in [1.807, 2.05) is 59.2 Å². The molecule has 8 aromatic rings. The average molecular weight is 619 g/mol. The maximum atomic E-state index is 9.49. The van der Waals surface area contributed by atoms with Gasteiger partial charge in [0.2, 0.25) is 0 Å². The number of para-hydroxylation sites is 4. The van der Waals surface area contributed by atoms with Gasteiger partial charge in [-0.1, -0.05) is 115 Å². The van der Waals surface area contributed by atoms with Crippen molar-refractivity contribution in [2.24, 2.45) is 5.73 Å². The molecule has 228 valence electrons. The van der Waals surface area contributed by atoms with Gasteiger partial charge in [0.1, 0.15) is 5.84 Å². The third-order valence-electron chi connectivity index (χ3n) is 9.17. The molecule has 5 heteroatoms. The number of hydrogen-bond acceptors (Lipinski definition) is 4. The summed E-state index contributed by atoms with van der Waals surface area (Å²) in [5, 5.41) is 14.0. The first kappa shape index (κ1) is 27.7. The van der Waals surface area contributed by atoms with Crippen molar-refractivity contribution in [1.82, 2.24) is 4.57 Å². The minimum Gasteiger partial charge on any atom is -0.453 e. The quantitative estimate of drug-likeness (QED) is 0.152. The van der Waals surface area contributed by atoms with Crippen LogP contribution in [0.15, 0.2) is 164 Å². The number of ether oxygens (including phenoxy) is 1. The summed E-state index contributed by atoms with van der Waals surface area (Å²) >= 11 is 0. The molecule has 5 nitrogen and oxygen atoms in total. The summed E-state index contributed by atoms with van der Waals surface area (Å²) in [5.41, 5.74) is 14.9. The van der Waals surface area contributed by atoms with Crippen LogP contribution in [0.3, 0.4) is 0 Å². The number of aromatic nitrogens is 1. The van der Waals surface area contributed by atoms with Crippen molar-refractivity contribution >= 4 is 61.2 Å². The Morgan fingerprint density at radius 3 is 2.19 bits per heavy atom. The Hall–Kier alpha value is -6.59. The number of fused-ring (bicyclic) bond motifs is 7. The van der Waals surface area contributed by atoms with E-state index in [0.717, 1.165) is 77.8 Å².